The number of likely N-dealkylation sites (tertiary alicyclic amines) is 1. The zero-order valence-corrected chi connectivity index (χ0v) is 13.9. The number of aromatic amines is 1. The van der Waals surface area contributed by atoms with Gasteiger partial charge in [0, 0.05) is 30.6 Å². The Balaban J connectivity index is 1.94. The highest BCUT2D eigenvalue weighted by Crippen LogP contribution is 2.39. The predicted molar refractivity (Wildman–Crippen MR) is 88.2 cm³/mol. The van der Waals surface area contributed by atoms with Gasteiger partial charge in [0.2, 0.25) is 0 Å². The number of aliphatic carboxylic acids is 1. The third-order valence-corrected chi connectivity index (χ3v) is 5.08. The fourth-order valence-electron chi connectivity index (χ4n) is 3.33. The van der Waals surface area contributed by atoms with E-state index in [0.29, 0.717) is 23.9 Å². The number of hydrogen-bond acceptors (Lipinski definition) is 5. The van der Waals surface area contributed by atoms with E-state index in [-0.39, 0.29) is 23.8 Å². The molecular weight excluding hydrogens is 328 g/mol. The molecule has 2 aromatic rings. The molecule has 9 nitrogen and oxygen atoms in total. The third kappa shape index (κ3) is 2.61. The summed E-state index contributed by atoms with van der Waals surface area (Å²) in [5.74, 6) is -1.46. The van der Waals surface area contributed by atoms with Gasteiger partial charge >= 0.3 is 5.97 Å². The molecular formula is C16H18N4O5. The van der Waals surface area contributed by atoms with E-state index in [1.165, 1.54) is 23.1 Å². The van der Waals surface area contributed by atoms with Crippen molar-refractivity contribution in [2.24, 2.45) is 11.3 Å². The highest BCUT2D eigenvalue weighted by molar-refractivity contribution is 6.05. The summed E-state index contributed by atoms with van der Waals surface area (Å²) < 4.78 is 0. The van der Waals surface area contributed by atoms with Crippen molar-refractivity contribution in [1.82, 2.24) is 15.1 Å². The molecule has 1 aliphatic heterocycles. The number of H-pyrrole nitrogens is 1. The van der Waals surface area contributed by atoms with Crippen molar-refractivity contribution < 1.29 is 19.6 Å². The van der Waals surface area contributed by atoms with Gasteiger partial charge in [-0.3, -0.25) is 24.8 Å². The SMILES string of the molecule is CC(C)C1(C(=O)O)CCN(C(=O)c2n[nH]c3ccc([N+](=O)[O-])cc23)C1. The first-order chi connectivity index (χ1) is 11.8. The topological polar surface area (TPSA) is 129 Å². The lowest BCUT2D eigenvalue weighted by Gasteiger charge is -2.28. The second-order valence-electron chi connectivity index (χ2n) is 6.65. The number of nitro groups is 1. The van der Waals surface area contributed by atoms with Gasteiger partial charge in [0.25, 0.3) is 11.6 Å². The largest absolute Gasteiger partial charge is 0.481 e. The minimum absolute atomic E-state index is 0.0728. The van der Waals surface area contributed by atoms with Gasteiger partial charge in [-0.15, -0.1) is 0 Å². The molecule has 1 aromatic heterocycles. The molecule has 0 spiro atoms. The lowest BCUT2D eigenvalue weighted by atomic mass is 9.76. The Morgan fingerprint density at radius 3 is 2.72 bits per heavy atom. The molecule has 2 N–H and O–H groups in total. The molecule has 25 heavy (non-hydrogen) atoms. The zero-order chi connectivity index (χ0) is 18.4. The smallest absolute Gasteiger partial charge is 0.311 e. The van der Waals surface area contributed by atoms with Crippen LogP contribution in [0.1, 0.15) is 30.8 Å². The van der Waals surface area contributed by atoms with Crippen LogP contribution in [0.15, 0.2) is 18.2 Å². The molecule has 0 aliphatic carbocycles. The summed E-state index contributed by atoms with van der Waals surface area (Å²) in [4.78, 5) is 36.4. The van der Waals surface area contributed by atoms with Gasteiger partial charge in [0.15, 0.2) is 5.69 Å². The molecule has 132 valence electrons. The van der Waals surface area contributed by atoms with Gasteiger partial charge in [0.05, 0.1) is 15.9 Å². The Kier molecular flexibility index (Phi) is 3.94. The normalized spacial score (nSPS) is 20.4. The summed E-state index contributed by atoms with van der Waals surface area (Å²) in [6.45, 7) is 4.07. The molecule has 0 saturated carbocycles. The molecule has 1 aliphatic rings. The highest BCUT2D eigenvalue weighted by atomic mass is 16.6. The number of non-ortho nitro benzene ring substituents is 1. The summed E-state index contributed by atoms with van der Waals surface area (Å²) >= 11 is 0. The van der Waals surface area contributed by atoms with Gasteiger partial charge in [-0.25, -0.2) is 0 Å². The van der Waals surface area contributed by atoms with Gasteiger partial charge in [0.1, 0.15) is 0 Å². The lowest BCUT2D eigenvalue weighted by molar-refractivity contribution is -0.384. The van der Waals surface area contributed by atoms with E-state index in [9.17, 15) is 24.8 Å². The van der Waals surface area contributed by atoms with Crippen LogP contribution in [-0.4, -0.2) is 50.1 Å². The van der Waals surface area contributed by atoms with Crippen LogP contribution in [0.4, 0.5) is 5.69 Å². The standard InChI is InChI=1S/C16H18N4O5/c1-9(2)16(15(22)23)5-6-19(8-16)14(21)13-11-7-10(20(24)25)3-4-12(11)17-18-13/h3-4,7,9H,5-6,8H2,1-2H3,(H,17,18)(H,22,23). The molecule has 9 heteroatoms. The van der Waals surface area contributed by atoms with Crippen molar-refractivity contribution in [3.8, 4) is 0 Å². The number of amides is 1. The highest BCUT2D eigenvalue weighted by Gasteiger charge is 2.48. The molecule has 1 amide bonds. The Bertz CT molecular complexity index is 875. The first-order valence-electron chi connectivity index (χ1n) is 7.91. The lowest BCUT2D eigenvalue weighted by Crippen LogP contribution is -2.40. The number of benzene rings is 1. The molecule has 1 aromatic carbocycles. The number of carboxylic acids is 1. The van der Waals surface area contributed by atoms with Crippen LogP contribution in [0.3, 0.4) is 0 Å². The van der Waals surface area contributed by atoms with Crippen LogP contribution >= 0.6 is 0 Å². The maximum absolute atomic E-state index is 12.8. The Labute approximate surface area is 142 Å². The van der Waals surface area contributed by atoms with Crippen LogP contribution in [0.2, 0.25) is 0 Å². The Morgan fingerprint density at radius 1 is 1.44 bits per heavy atom. The van der Waals surface area contributed by atoms with E-state index in [4.69, 9.17) is 0 Å². The molecule has 0 radical (unpaired) electrons. The zero-order valence-electron chi connectivity index (χ0n) is 13.9. The van der Waals surface area contributed by atoms with Gasteiger partial charge in [-0.2, -0.15) is 5.10 Å². The maximum atomic E-state index is 12.8. The monoisotopic (exact) mass is 346 g/mol. The van der Waals surface area contributed by atoms with E-state index in [0.717, 1.165) is 0 Å². The molecule has 1 saturated heterocycles. The first kappa shape index (κ1) is 16.9. The van der Waals surface area contributed by atoms with E-state index >= 15 is 0 Å². The summed E-state index contributed by atoms with van der Waals surface area (Å²) in [6, 6.07) is 4.13. The van der Waals surface area contributed by atoms with Crippen LogP contribution in [-0.2, 0) is 4.79 Å². The summed E-state index contributed by atoms with van der Waals surface area (Å²) in [5, 5.41) is 27.6. The number of carbonyl (C=O) groups is 2. The Morgan fingerprint density at radius 2 is 2.16 bits per heavy atom. The number of carbonyl (C=O) groups excluding carboxylic acids is 1. The van der Waals surface area contributed by atoms with E-state index < -0.39 is 22.2 Å². The van der Waals surface area contributed by atoms with Crippen molar-refractivity contribution in [2.75, 3.05) is 13.1 Å². The van der Waals surface area contributed by atoms with Crippen LogP contribution in [0.5, 0.6) is 0 Å². The van der Waals surface area contributed by atoms with Gasteiger partial charge in [-0.05, 0) is 18.4 Å². The molecule has 1 atom stereocenters. The number of rotatable bonds is 4. The molecule has 3 rings (SSSR count). The molecule has 1 unspecified atom stereocenters. The van der Waals surface area contributed by atoms with Gasteiger partial charge in [-0.1, -0.05) is 13.8 Å². The second-order valence-corrected chi connectivity index (χ2v) is 6.65. The number of hydrogen-bond donors (Lipinski definition) is 2. The van der Waals surface area contributed by atoms with Crippen molar-refractivity contribution in [1.29, 1.82) is 0 Å². The third-order valence-electron chi connectivity index (χ3n) is 5.08. The maximum Gasteiger partial charge on any atom is 0.311 e. The van der Waals surface area contributed by atoms with Crippen LogP contribution in [0.25, 0.3) is 10.9 Å². The van der Waals surface area contributed by atoms with E-state index in [1.807, 2.05) is 13.8 Å². The van der Waals surface area contributed by atoms with Crippen LogP contribution in [0, 0.1) is 21.4 Å². The number of carboxylic acid groups (broad SMARTS) is 1. The van der Waals surface area contributed by atoms with Crippen molar-refractivity contribution in [2.45, 2.75) is 20.3 Å². The summed E-state index contributed by atoms with van der Waals surface area (Å²) in [5.41, 5.74) is -0.523. The van der Waals surface area contributed by atoms with Crippen LogP contribution < -0.4 is 0 Å². The second kappa shape index (κ2) is 5.83. The minimum Gasteiger partial charge on any atom is -0.481 e. The van der Waals surface area contributed by atoms with Gasteiger partial charge < -0.3 is 10.0 Å². The Hall–Kier alpha value is -2.97. The number of nitrogens with zero attached hydrogens (tertiary/aromatic N) is 3. The number of nitrogens with one attached hydrogen (secondary N) is 1. The quantitative estimate of drug-likeness (QED) is 0.644. The fraction of sp³-hybridized carbons (Fsp3) is 0.438. The molecule has 0 bridgehead atoms. The first-order valence-corrected chi connectivity index (χ1v) is 7.91. The van der Waals surface area contributed by atoms with Crippen molar-refractivity contribution in [3.05, 3.63) is 34.0 Å². The van der Waals surface area contributed by atoms with Crippen molar-refractivity contribution >= 4 is 28.5 Å². The average molecular weight is 346 g/mol. The predicted octanol–water partition coefficient (Wildman–Crippen LogP) is 2.04. The number of aromatic nitrogens is 2. The van der Waals surface area contributed by atoms with Crippen molar-refractivity contribution in [3.63, 3.8) is 0 Å². The average Bonchev–Trinajstić information content (AvgIpc) is 3.19. The molecule has 1 fully saturated rings. The van der Waals surface area contributed by atoms with E-state index in [1.54, 1.807) is 0 Å². The fourth-order valence-corrected chi connectivity index (χ4v) is 3.33. The summed E-state index contributed by atoms with van der Waals surface area (Å²) in [7, 11) is 0. The minimum atomic E-state index is -0.978. The van der Waals surface area contributed by atoms with E-state index in [2.05, 4.69) is 10.2 Å². The number of fused-ring (bicyclic) bond motifs is 1. The summed E-state index contributed by atoms with van der Waals surface area (Å²) in [6.07, 6.45) is 0.369. The molecule has 2 heterocycles. The number of nitro benzene ring substituents is 1.